The van der Waals surface area contributed by atoms with E-state index in [9.17, 15) is 13.2 Å². The summed E-state index contributed by atoms with van der Waals surface area (Å²) < 4.78 is 26.6. The highest BCUT2D eigenvalue weighted by Gasteiger charge is 2.26. The highest BCUT2D eigenvalue weighted by Crippen LogP contribution is 2.23. The fourth-order valence-electron chi connectivity index (χ4n) is 2.67. The van der Waals surface area contributed by atoms with Gasteiger partial charge in [-0.25, -0.2) is 8.42 Å². The number of sulfonamides is 1. The van der Waals surface area contributed by atoms with Gasteiger partial charge in [-0.15, -0.1) is 0 Å². The first kappa shape index (κ1) is 15.6. The lowest BCUT2D eigenvalue weighted by molar-refractivity contribution is 0.0787. The number of carbonyl (C=O) groups excluding carboxylic acids is 1. The number of amides is 1. The Hall–Kier alpha value is -2.28. The van der Waals surface area contributed by atoms with Gasteiger partial charge in [0.1, 0.15) is 10.6 Å². The lowest BCUT2D eigenvalue weighted by Crippen LogP contribution is -2.28. The molecule has 7 heteroatoms. The Kier molecular flexibility index (Phi) is 4.12. The van der Waals surface area contributed by atoms with E-state index >= 15 is 0 Å². The Morgan fingerprint density at radius 3 is 2.48 bits per heavy atom. The molecule has 1 aliphatic heterocycles. The molecule has 1 saturated heterocycles. The second-order valence-corrected chi connectivity index (χ2v) is 7.53. The maximum Gasteiger partial charge on any atom is 0.270 e. The second kappa shape index (κ2) is 6.08. The van der Waals surface area contributed by atoms with Gasteiger partial charge >= 0.3 is 0 Å². The largest absolute Gasteiger partial charge is 0.356 e. The van der Waals surface area contributed by atoms with E-state index in [1.165, 1.54) is 23.6 Å². The number of H-pyrrole nitrogens is 1. The fraction of sp³-hybridized carbons (Fsp3) is 0.312. The molecule has 6 nitrogen and oxygen atoms in total. The first-order valence-electron chi connectivity index (χ1n) is 7.52. The summed E-state index contributed by atoms with van der Waals surface area (Å²) in [5.74, 6) is -0.147. The summed E-state index contributed by atoms with van der Waals surface area (Å²) in [6.45, 7) is 1.45. The number of para-hydroxylation sites is 1. The molecule has 122 valence electrons. The van der Waals surface area contributed by atoms with E-state index in [0.29, 0.717) is 11.4 Å². The minimum absolute atomic E-state index is 0.0893. The third kappa shape index (κ3) is 2.96. The number of hydrogen-bond donors (Lipinski definition) is 1. The van der Waals surface area contributed by atoms with Crippen LogP contribution in [-0.4, -0.2) is 44.3 Å². The van der Waals surface area contributed by atoms with Gasteiger partial charge in [-0.2, -0.15) is 0 Å². The van der Waals surface area contributed by atoms with Crippen molar-refractivity contribution in [2.75, 3.05) is 24.4 Å². The van der Waals surface area contributed by atoms with Crippen molar-refractivity contribution in [3.05, 3.63) is 48.3 Å². The van der Waals surface area contributed by atoms with Crippen molar-refractivity contribution in [3.8, 4) is 0 Å². The van der Waals surface area contributed by atoms with Crippen molar-refractivity contribution in [1.29, 1.82) is 0 Å². The molecule has 0 bridgehead atoms. The van der Waals surface area contributed by atoms with E-state index < -0.39 is 10.0 Å². The highest BCUT2D eigenvalue weighted by molar-refractivity contribution is 7.92. The van der Waals surface area contributed by atoms with E-state index in [1.807, 2.05) is 6.07 Å². The monoisotopic (exact) mass is 333 g/mol. The summed E-state index contributed by atoms with van der Waals surface area (Å²) in [7, 11) is -2.20. The molecule has 0 radical (unpaired) electrons. The predicted octanol–water partition coefficient (Wildman–Crippen LogP) is 2.08. The summed E-state index contributed by atoms with van der Waals surface area (Å²) in [5, 5.41) is 0. The van der Waals surface area contributed by atoms with Crippen LogP contribution in [0.3, 0.4) is 0 Å². The standard InChI is InChI=1S/C16H19N3O3S/c1-18(13-7-3-2-4-8-13)23(21,22)14-11-15(17-12-14)16(20)19-9-5-6-10-19/h2-4,7-8,11-12,17H,5-6,9-10H2,1H3. The molecular formula is C16H19N3O3S. The van der Waals surface area contributed by atoms with Crippen LogP contribution in [0.25, 0.3) is 0 Å². The lowest BCUT2D eigenvalue weighted by Gasteiger charge is -2.18. The molecule has 1 amide bonds. The number of rotatable bonds is 4. The van der Waals surface area contributed by atoms with E-state index in [-0.39, 0.29) is 10.8 Å². The Labute approximate surface area is 135 Å². The number of nitrogens with zero attached hydrogens (tertiary/aromatic N) is 2. The first-order chi connectivity index (χ1) is 11.0. The molecule has 3 rings (SSSR count). The fourth-order valence-corrected chi connectivity index (χ4v) is 3.86. The van der Waals surface area contributed by atoms with Crippen LogP contribution in [0.1, 0.15) is 23.3 Å². The van der Waals surface area contributed by atoms with Crippen molar-refractivity contribution < 1.29 is 13.2 Å². The van der Waals surface area contributed by atoms with Gasteiger partial charge in [0.25, 0.3) is 15.9 Å². The van der Waals surface area contributed by atoms with Crippen LogP contribution in [0.2, 0.25) is 0 Å². The van der Waals surface area contributed by atoms with Crippen molar-refractivity contribution in [2.45, 2.75) is 17.7 Å². The molecule has 1 aromatic carbocycles. The number of likely N-dealkylation sites (tertiary alicyclic amines) is 1. The molecule has 2 heterocycles. The molecule has 0 saturated carbocycles. The molecule has 1 aliphatic rings. The van der Waals surface area contributed by atoms with Crippen LogP contribution in [0.5, 0.6) is 0 Å². The van der Waals surface area contributed by atoms with Gasteiger partial charge in [0.15, 0.2) is 0 Å². The Balaban J connectivity index is 1.85. The average Bonchev–Trinajstić information content (AvgIpc) is 3.26. The molecule has 0 spiro atoms. The summed E-state index contributed by atoms with van der Waals surface area (Å²) in [4.78, 5) is 16.9. The molecule has 1 N–H and O–H groups in total. The first-order valence-corrected chi connectivity index (χ1v) is 8.96. The van der Waals surface area contributed by atoms with Crippen LogP contribution < -0.4 is 4.31 Å². The van der Waals surface area contributed by atoms with Crippen molar-refractivity contribution >= 4 is 21.6 Å². The molecule has 23 heavy (non-hydrogen) atoms. The molecule has 1 fully saturated rings. The zero-order chi connectivity index (χ0) is 16.4. The van der Waals surface area contributed by atoms with Gasteiger partial charge in [-0.05, 0) is 31.0 Å². The number of hydrogen-bond acceptors (Lipinski definition) is 3. The Morgan fingerprint density at radius 2 is 1.83 bits per heavy atom. The zero-order valence-corrected chi connectivity index (χ0v) is 13.7. The normalized spacial score (nSPS) is 14.9. The van der Waals surface area contributed by atoms with Crippen LogP contribution in [0.15, 0.2) is 47.5 Å². The minimum atomic E-state index is -3.70. The summed E-state index contributed by atoms with van der Waals surface area (Å²) >= 11 is 0. The third-order valence-corrected chi connectivity index (χ3v) is 5.82. The maximum absolute atomic E-state index is 12.7. The number of aromatic nitrogens is 1. The molecular weight excluding hydrogens is 314 g/mol. The summed E-state index contributed by atoms with van der Waals surface area (Å²) in [5.41, 5.74) is 0.882. The Bertz CT molecular complexity index is 793. The van der Waals surface area contributed by atoms with Gasteiger partial charge in [0.2, 0.25) is 0 Å². The van der Waals surface area contributed by atoms with E-state index in [1.54, 1.807) is 29.2 Å². The quantitative estimate of drug-likeness (QED) is 0.931. The van der Waals surface area contributed by atoms with Crippen molar-refractivity contribution in [1.82, 2.24) is 9.88 Å². The minimum Gasteiger partial charge on any atom is -0.356 e. The third-order valence-electron chi connectivity index (χ3n) is 4.06. The van der Waals surface area contributed by atoms with E-state index in [0.717, 1.165) is 25.9 Å². The van der Waals surface area contributed by atoms with Gasteiger partial charge in [-0.3, -0.25) is 9.10 Å². The van der Waals surface area contributed by atoms with Gasteiger partial charge < -0.3 is 9.88 Å². The lowest BCUT2D eigenvalue weighted by atomic mass is 10.3. The molecule has 1 aromatic heterocycles. The number of aromatic amines is 1. The Morgan fingerprint density at radius 1 is 1.17 bits per heavy atom. The molecule has 0 aliphatic carbocycles. The van der Waals surface area contributed by atoms with Crippen molar-refractivity contribution in [2.24, 2.45) is 0 Å². The number of benzene rings is 1. The average molecular weight is 333 g/mol. The summed E-state index contributed by atoms with van der Waals surface area (Å²) in [6.07, 6.45) is 3.36. The number of nitrogens with one attached hydrogen (secondary N) is 1. The van der Waals surface area contributed by atoms with Crippen LogP contribution >= 0.6 is 0 Å². The van der Waals surface area contributed by atoms with Crippen LogP contribution in [0, 0.1) is 0 Å². The highest BCUT2D eigenvalue weighted by atomic mass is 32.2. The van der Waals surface area contributed by atoms with Crippen LogP contribution in [-0.2, 0) is 10.0 Å². The number of anilines is 1. The molecule has 0 atom stereocenters. The number of carbonyl (C=O) groups is 1. The summed E-state index contributed by atoms with van der Waals surface area (Å²) in [6, 6.07) is 10.2. The van der Waals surface area contributed by atoms with Gasteiger partial charge in [0, 0.05) is 26.3 Å². The van der Waals surface area contributed by atoms with E-state index in [2.05, 4.69) is 4.98 Å². The predicted molar refractivity (Wildman–Crippen MR) is 88.0 cm³/mol. The van der Waals surface area contributed by atoms with Crippen molar-refractivity contribution in [3.63, 3.8) is 0 Å². The smallest absolute Gasteiger partial charge is 0.270 e. The van der Waals surface area contributed by atoms with Crippen LogP contribution in [0.4, 0.5) is 5.69 Å². The SMILES string of the molecule is CN(c1ccccc1)S(=O)(=O)c1c[nH]c(C(=O)N2CCCC2)c1. The molecule has 0 unspecified atom stereocenters. The zero-order valence-electron chi connectivity index (χ0n) is 12.9. The molecule has 2 aromatic rings. The van der Waals surface area contributed by atoms with Gasteiger partial charge in [-0.1, -0.05) is 18.2 Å². The topological polar surface area (TPSA) is 73.5 Å². The maximum atomic E-state index is 12.7. The van der Waals surface area contributed by atoms with Gasteiger partial charge in [0.05, 0.1) is 5.69 Å². The second-order valence-electron chi connectivity index (χ2n) is 5.56. The van der Waals surface area contributed by atoms with E-state index in [4.69, 9.17) is 0 Å².